The molecule has 1 saturated carbocycles. The quantitative estimate of drug-likeness (QED) is 0.725. The average Bonchev–Trinajstić information content (AvgIpc) is 3.13. The Labute approximate surface area is 96.6 Å². The zero-order chi connectivity index (χ0) is 11.5. The van der Waals surface area contributed by atoms with Crippen LogP contribution in [0.5, 0.6) is 0 Å². The van der Waals surface area contributed by atoms with Gasteiger partial charge in [0.05, 0.1) is 13.5 Å². The molecule has 0 bridgehead atoms. The molecule has 0 amide bonds. The van der Waals surface area contributed by atoms with Crippen molar-refractivity contribution in [3.05, 3.63) is 35.4 Å². The summed E-state index contributed by atoms with van der Waals surface area (Å²) < 4.78 is 4.69. The van der Waals surface area contributed by atoms with Gasteiger partial charge in [0, 0.05) is 0 Å². The Bertz CT molecular complexity index is 380. The topological polar surface area (TPSA) is 26.3 Å². The zero-order valence-electron chi connectivity index (χ0n) is 9.90. The van der Waals surface area contributed by atoms with Crippen LogP contribution < -0.4 is 0 Å². The van der Waals surface area contributed by atoms with E-state index in [1.807, 2.05) is 0 Å². The van der Waals surface area contributed by atoms with E-state index in [9.17, 15) is 4.79 Å². The van der Waals surface area contributed by atoms with Crippen molar-refractivity contribution in [3.63, 3.8) is 0 Å². The highest BCUT2D eigenvalue weighted by Gasteiger charge is 2.24. The smallest absolute Gasteiger partial charge is 0.306 e. The fourth-order valence-electron chi connectivity index (χ4n) is 1.99. The number of methoxy groups -OCH3 is 1. The highest BCUT2D eigenvalue weighted by Crippen LogP contribution is 2.40. The molecule has 0 N–H and O–H groups in total. The van der Waals surface area contributed by atoms with E-state index in [0.717, 1.165) is 5.92 Å². The minimum absolute atomic E-state index is 0.135. The Kier molecular flexibility index (Phi) is 3.28. The van der Waals surface area contributed by atoms with Crippen LogP contribution in [0.15, 0.2) is 24.3 Å². The van der Waals surface area contributed by atoms with Crippen LogP contribution in [-0.4, -0.2) is 13.1 Å². The van der Waals surface area contributed by atoms with Crippen LogP contribution in [0, 0.1) is 0 Å². The predicted molar refractivity (Wildman–Crippen MR) is 63.5 cm³/mol. The Morgan fingerprint density at radius 2 is 2.25 bits per heavy atom. The lowest BCUT2D eigenvalue weighted by atomic mass is 9.95. The van der Waals surface area contributed by atoms with Gasteiger partial charge in [-0.25, -0.2) is 0 Å². The molecule has 2 heteroatoms. The molecule has 2 rings (SSSR count). The second-order valence-corrected chi connectivity index (χ2v) is 4.63. The molecule has 1 aromatic rings. The summed E-state index contributed by atoms with van der Waals surface area (Å²) in [6, 6.07) is 8.62. The second-order valence-electron chi connectivity index (χ2n) is 4.63. The Balaban J connectivity index is 2.07. The van der Waals surface area contributed by atoms with Crippen molar-refractivity contribution < 1.29 is 9.53 Å². The summed E-state index contributed by atoms with van der Waals surface area (Å²) in [6.45, 7) is 2.07. The third kappa shape index (κ3) is 2.63. The number of carbonyl (C=O) groups is 1. The number of hydrogen-bond donors (Lipinski definition) is 0. The van der Waals surface area contributed by atoms with Gasteiger partial charge >= 0.3 is 5.97 Å². The monoisotopic (exact) mass is 218 g/mol. The molecule has 0 saturated heterocycles. The van der Waals surface area contributed by atoms with Gasteiger partial charge in [-0.15, -0.1) is 0 Å². The summed E-state index contributed by atoms with van der Waals surface area (Å²) in [6.07, 6.45) is 3.09. The van der Waals surface area contributed by atoms with Crippen molar-refractivity contribution in [3.8, 4) is 0 Å². The highest BCUT2D eigenvalue weighted by atomic mass is 16.5. The van der Waals surface area contributed by atoms with E-state index < -0.39 is 0 Å². The summed E-state index contributed by atoms with van der Waals surface area (Å²) in [4.78, 5) is 11.2. The standard InChI is InChI=1S/C14H18O2/c1-10(8-14(15)16-2)12-4-3-5-13(9-12)11-6-7-11/h3-5,9-11H,6-8H2,1-2H3/t10-/m0/s1. The van der Waals surface area contributed by atoms with Gasteiger partial charge in [-0.3, -0.25) is 4.79 Å². The van der Waals surface area contributed by atoms with Gasteiger partial charge in [0.1, 0.15) is 0 Å². The van der Waals surface area contributed by atoms with Crippen LogP contribution in [-0.2, 0) is 9.53 Å². The Hall–Kier alpha value is -1.31. The first-order valence-corrected chi connectivity index (χ1v) is 5.87. The average molecular weight is 218 g/mol. The lowest BCUT2D eigenvalue weighted by molar-refractivity contribution is -0.140. The first-order valence-electron chi connectivity index (χ1n) is 5.87. The Morgan fingerprint density at radius 1 is 1.50 bits per heavy atom. The third-order valence-corrected chi connectivity index (χ3v) is 3.23. The van der Waals surface area contributed by atoms with Crippen LogP contribution >= 0.6 is 0 Å². The normalized spacial score (nSPS) is 16.9. The maximum absolute atomic E-state index is 11.2. The molecule has 86 valence electrons. The van der Waals surface area contributed by atoms with Crippen LogP contribution in [0.25, 0.3) is 0 Å². The molecule has 0 unspecified atom stereocenters. The Morgan fingerprint density at radius 3 is 2.88 bits per heavy atom. The van der Waals surface area contributed by atoms with Gasteiger partial charge in [0.25, 0.3) is 0 Å². The molecule has 1 aliphatic rings. The SMILES string of the molecule is COC(=O)C[C@H](C)c1cccc(C2CC2)c1. The molecule has 1 atom stereocenters. The van der Waals surface area contributed by atoms with E-state index in [2.05, 4.69) is 31.2 Å². The van der Waals surface area contributed by atoms with E-state index in [1.165, 1.54) is 31.1 Å². The number of carbonyl (C=O) groups excluding carboxylic acids is 1. The van der Waals surface area contributed by atoms with E-state index in [0.29, 0.717) is 6.42 Å². The maximum atomic E-state index is 11.2. The molecule has 0 radical (unpaired) electrons. The van der Waals surface area contributed by atoms with E-state index >= 15 is 0 Å². The van der Waals surface area contributed by atoms with Crippen molar-refractivity contribution in [1.82, 2.24) is 0 Å². The molecule has 1 aromatic carbocycles. The van der Waals surface area contributed by atoms with Gasteiger partial charge < -0.3 is 4.74 Å². The first kappa shape index (κ1) is 11.2. The van der Waals surface area contributed by atoms with Crippen molar-refractivity contribution in [2.75, 3.05) is 7.11 Å². The summed E-state index contributed by atoms with van der Waals surface area (Å²) >= 11 is 0. The summed E-state index contributed by atoms with van der Waals surface area (Å²) in [7, 11) is 1.44. The third-order valence-electron chi connectivity index (χ3n) is 3.23. The molecule has 1 aliphatic carbocycles. The predicted octanol–water partition coefficient (Wildman–Crippen LogP) is 3.23. The van der Waals surface area contributed by atoms with Gasteiger partial charge in [-0.05, 0) is 35.8 Å². The molecule has 0 heterocycles. The molecule has 1 fully saturated rings. The van der Waals surface area contributed by atoms with Crippen LogP contribution in [0.3, 0.4) is 0 Å². The zero-order valence-corrected chi connectivity index (χ0v) is 9.90. The fourth-order valence-corrected chi connectivity index (χ4v) is 1.99. The lowest BCUT2D eigenvalue weighted by Gasteiger charge is -2.11. The van der Waals surface area contributed by atoms with Gasteiger partial charge in [0.15, 0.2) is 0 Å². The lowest BCUT2D eigenvalue weighted by Crippen LogP contribution is -2.06. The molecule has 2 nitrogen and oxygen atoms in total. The highest BCUT2D eigenvalue weighted by molar-refractivity contribution is 5.70. The minimum Gasteiger partial charge on any atom is -0.469 e. The maximum Gasteiger partial charge on any atom is 0.306 e. The van der Waals surface area contributed by atoms with Crippen LogP contribution in [0.4, 0.5) is 0 Å². The van der Waals surface area contributed by atoms with E-state index in [1.54, 1.807) is 0 Å². The molecular formula is C14H18O2. The summed E-state index contributed by atoms with van der Waals surface area (Å²) in [5, 5.41) is 0. The van der Waals surface area contributed by atoms with Crippen molar-refractivity contribution >= 4 is 5.97 Å². The number of esters is 1. The van der Waals surface area contributed by atoms with E-state index in [-0.39, 0.29) is 11.9 Å². The van der Waals surface area contributed by atoms with Crippen LogP contribution in [0.1, 0.15) is 49.1 Å². The fraction of sp³-hybridized carbons (Fsp3) is 0.500. The first-order chi connectivity index (χ1) is 7.70. The van der Waals surface area contributed by atoms with Gasteiger partial charge in [0.2, 0.25) is 0 Å². The van der Waals surface area contributed by atoms with Gasteiger partial charge in [-0.2, -0.15) is 0 Å². The second kappa shape index (κ2) is 4.69. The number of benzene rings is 1. The molecule has 0 aromatic heterocycles. The number of rotatable bonds is 4. The summed E-state index contributed by atoms with van der Waals surface area (Å²) in [5.41, 5.74) is 2.67. The van der Waals surface area contributed by atoms with Crippen molar-refractivity contribution in [2.45, 2.75) is 38.0 Å². The van der Waals surface area contributed by atoms with Crippen molar-refractivity contribution in [2.24, 2.45) is 0 Å². The van der Waals surface area contributed by atoms with E-state index in [4.69, 9.17) is 4.74 Å². The largest absolute Gasteiger partial charge is 0.469 e. The minimum atomic E-state index is -0.135. The van der Waals surface area contributed by atoms with Gasteiger partial charge in [-0.1, -0.05) is 31.2 Å². The van der Waals surface area contributed by atoms with Crippen molar-refractivity contribution in [1.29, 1.82) is 0 Å². The molecule has 0 aliphatic heterocycles. The summed E-state index contributed by atoms with van der Waals surface area (Å²) in [5.74, 6) is 0.876. The number of ether oxygens (including phenoxy) is 1. The number of hydrogen-bond acceptors (Lipinski definition) is 2. The molecule has 16 heavy (non-hydrogen) atoms. The van der Waals surface area contributed by atoms with Crippen LogP contribution in [0.2, 0.25) is 0 Å². The molecule has 0 spiro atoms. The molecular weight excluding hydrogens is 200 g/mol.